The van der Waals surface area contributed by atoms with Crippen LogP contribution in [0.2, 0.25) is 0 Å². The maximum absolute atomic E-state index is 12.4. The zero-order valence-electron chi connectivity index (χ0n) is 12.7. The van der Waals surface area contributed by atoms with Crippen LogP contribution in [0, 0.1) is 5.92 Å². The van der Waals surface area contributed by atoms with Gasteiger partial charge in [-0.2, -0.15) is 0 Å². The van der Waals surface area contributed by atoms with E-state index >= 15 is 0 Å². The lowest BCUT2D eigenvalue weighted by molar-refractivity contribution is -0.134. The van der Waals surface area contributed by atoms with Crippen molar-refractivity contribution in [3.05, 3.63) is 23.8 Å². The van der Waals surface area contributed by atoms with Gasteiger partial charge in [-0.1, -0.05) is 6.07 Å². The first kappa shape index (κ1) is 15.9. The third-order valence-corrected chi connectivity index (χ3v) is 5.36. The molecule has 3 N–H and O–H groups in total. The van der Waals surface area contributed by atoms with Crippen LogP contribution >= 0.6 is 11.8 Å². The van der Waals surface area contributed by atoms with Crippen LogP contribution in [-0.4, -0.2) is 41.5 Å². The molecule has 7 heteroatoms. The van der Waals surface area contributed by atoms with Crippen LogP contribution < -0.4 is 11.1 Å². The Morgan fingerprint density at radius 1 is 1.30 bits per heavy atom. The van der Waals surface area contributed by atoms with Gasteiger partial charge in [0, 0.05) is 23.9 Å². The third kappa shape index (κ3) is 3.67. The first-order valence-corrected chi connectivity index (χ1v) is 8.64. The number of nitrogens with two attached hydrogens (primary N) is 1. The van der Waals surface area contributed by atoms with E-state index in [0.29, 0.717) is 38.1 Å². The summed E-state index contributed by atoms with van der Waals surface area (Å²) in [6.45, 7) is 1.15. The molecular weight excluding hydrogens is 314 g/mol. The Morgan fingerprint density at radius 3 is 2.74 bits per heavy atom. The molecule has 0 aliphatic carbocycles. The second-order valence-corrected chi connectivity index (χ2v) is 6.92. The lowest BCUT2D eigenvalue weighted by atomic mass is 9.96. The number of nitrogens with one attached hydrogen (secondary N) is 1. The lowest BCUT2D eigenvalue weighted by Gasteiger charge is -2.30. The number of nitrogens with zero attached hydrogens (tertiary/aromatic N) is 1. The van der Waals surface area contributed by atoms with E-state index < -0.39 is 0 Å². The number of benzene rings is 1. The van der Waals surface area contributed by atoms with Gasteiger partial charge in [-0.3, -0.25) is 14.4 Å². The van der Waals surface area contributed by atoms with Crippen LogP contribution in [0.4, 0.5) is 5.69 Å². The molecule has 2 heterocycles. The highest BCUT2D eigenvalue weighted by molar-refractivity contribution is 8.00. The molecule has 1 aromatic carbocycles. The summed E-state index contributed by atoms with van der Waals surface area (Å²) in [6, 6.07) is 5.74. The second kappa shape index (κ2) is 6.62. The van der Waals surface area contributed by atoms with Gasteiger partial charge in [-0.15, -0.1) is 11.8 Å². The van der Waals surface area contributed by atoms with Gasteiger partial charge in [0.05, 0.1) is 17.9 Å². The van der Waals surface area contributed by atoms with Crippen molar-refractivity contribution in [2.24, 2.45) is 11.7 Å². The zero-order chi connectivity index (χ0) is 16.4. The monoisotopic (exact) mass is 333 g/mol. The van der Waals surface area contributed by atoms with E-state index in [1.165, 1.54) is 11.8 Å². The summed E-state index contributed by atoms with van der Waals surface area (Å²) in [4.78, 5) is 37.8. The summed E-state index contributed by atoms with van der Waals surface area (Å²) in [7, 11) is 0. The van der Waals surface area contributed by atoms with Crippen LogP contribution in [0.1, 0.15) is 18.4 Å². The van der Waals surface area contributed by atoms with E-state index in [2.05, 4.69) is 5.32 Å². The number of hydrogen-bond donors (Lipinski definition) is 2. The average Bonchev–Trinajstić information content (AvgIpc) is 2.54. The highest BCUT2D eigenvalue weighted by Gasteiger charge is 2.26. The Balaban J connectivity index is 1.61. The number of carbonyl (C=O) groups is 3. The molecule has 23 heavy (non-hydrogen) atoms. The topological polar surface area (TPSA) is 92.5 Å². The minimum absolute atomic E-state index is 0.0144. The van der Waals surface area contributed by atoms with Crippen molar-refractivity contribution in [1.29, 1.82) is 0 Å². The largest absolute Gasteiger partial charge is 0.369 e. The van der Waals surface area contributed by atoms with Crippen molar-refractivity contribution in [1.82, 2.24) is 4.90 Å². The number of thioether (sulfide) groups is 1. The Morgan fingerprint density at radius 2 is 2.04 bits per heavy atom. The molecule has 0 radical (unpaired) electrons. The van der Waals surface area contributed by atoms with Gasteiger partial charge in [0.1, 0.15) is 0 Å². The smallest absolute Gasteiger partial charge is 0.234 e. The minimum Gasteiger partial charge on any atom is -0.369 e. The van der Waals surface area contributed by atoms with Crippen molar-refractivity contribution < 1.29 is 14.4 Å². The molecule has 122 valence electrons. The summed E-state index contributed by atoms with van der Waals surface area (Å²) < 4.78 is 0. The molecule has 0 bridgehead atoms. The van der Waals surface area contributed by atoms with Crippen LogP contribution in [0.5, 0.6) is 0 Å². The molecule has 1 fully saturated rings. The lowest BCUT2D eigenvalue weighted by Crippen LogP contribution is -2.42. The van der Waals surface area contributed by atoms with E-state index in [1.807, 2.05) is 18.2 Å². The van der Waals surface area contributed by atoms with E-state index in [0.717, 1.165) is 16.1 Å². The van der Waals surface area contributed by atoms with Crippen molar-refractivity contribution in [2.75, 3.05) is 24.2 Å². The molecule has 6 nitrogen and oxygen atoms in total. The van der Waals surface area contributed by atoms with Gasteiger partial charge in [0.25, 0.3) is 0 Å². The summed E-state index contributed by atoms with van der Waals surface area (Å²) in [6.07, 6.45) is 1.57. The Hall–Kier alpha value is -2.02. The summed E-state index contributed by atoms with van der Waals surface area (Å²) in [5, 5.41) is 2.84. The standard InChI is InChI=1S/C16H19N3O3S/c17-16(22)11-3-5-19(6-4-11)15(21)8-10-1-2-13-12(7-10)18-14(20)9-23-13/h1-2,7,11H,3-6,8-9H2,(H2,17,22)(H,18,20). The molecule has 0 saturated carbocycles. The number of primary amides is 1. The second-order valence-electron chi connectivity index (χ2n) is 5.90. The summed E-state index contributed by atoms with van der Waals surface area (Å²) >= 11 is 1.50. The minimum atomic E-state index is -0.278. The molecule has 1 aromatic rings. The molecule has 0 spiro atoms. The number of likely N-dealkylation sites (tertiary alicyclic amines) is 1. The van der Waals surface area contributed by atoms with Crippen LogP contribution in [0.15, 0.2) is 23.1 Å². The van der Waals surface area contributed by atoms with Crippen LogP contribution in [0.3, 0.4) is 0 Å². The molecule has 0 aromatic heterocycles. The maximum Gasteiger partial charge on any atom is 0.234 e. The maximum atomic E-state index is 12.4. The Bertz CT molecular complexity index is 654. The predicted molar refractivity (Wildman–Crippen MR) is 88.0 cm³/mol. The number of fused-ring (bicyclic) bond motifs is 1. The molecule has 0 atom stereocenters. The average molecular weight is 333 g/mol. The Labute approximate surface area is 138 Å². The molecule has 3 amide bonds. The van der Waals surface area contributed by atoms with Gasteiger partial charge < -0.3 is 16.0 Å². The highest BCUT2D eigenvalue weighted by Crippen LogP contribution is 2.32. The van der Waals surface area contributed by atoms with Crippen molar-refractivity contribution in [2.45, 2.75) is 24.2 Å². The number of amides is 3. The first-order valence-electron chi connectivity index (χ1n) is 7.65. The predicted octanol–water partition coefficient (Wildman–Crippen LogP) is 0.997. The van der Waals surface area contributed by atoms with E-state index in [1.54, 1.807) is 4.90 Å². The van der Waals surface area contributed by atoms with Crippen molar-refractivity contribution >= 4 is 35.2 Å². The molecule has 1 saturated heterocycles. The molecule has 2 aliphatic heterocycles. The van der Waals surface area contributed by atoms with Crippen LogP contribution in [-0.2, 0) is 20.8 Å². The number of rotatable bonds is 3. The summed E-state index contributed by atoms with van der Waals surface area (Å²) in [5.74, 6) is 0.0670. The van der Waals surface area contributed by atoms with Gasteiger partial charge in [0.2, 0.25) is 17.7 Å². The highest BCUT2D eigenvalue weighted by atomic mass is 32.2. The fraction of sp³-hybridized carbons (Fsp3) is 0.438. The van der Waals surface area contributed by atoms with Crippen molar-refractivity contribution in [3.8, 4) is 0 Å². The fourth-order valence-corrected chi connectivity index (χ4v) is 3.73. The molecule has 0 unspecified atom stereocenters. The van der Waals surface area contributed by atoms with Gasteiger partial charge in [-0.05, 0) is 30.5 Å². The number of piperidine rings is 1. The SMILES string of the molecule is NC(=O)C1CCN(C(=O)Cc2ccc3c(c2)NC(=O)CS3)CC1. The molecular formula is C16H19N3O3S. The third-order valence-electron chi connectivity index (χ3n) is 4.28. The Kier molecular flexibility index (Phi) is 4.56. The number of anilines is 1. The van der Waals surface area contributed by atoms with E-state index in [4.69, 9.17) is 5.73 Å². The normalized spacial score (nSPS) is 18.3. The van der Waals surface area contributed by atoms with E-state index in [9.17, 15) is 14.4 Å². The summed E-state index contributed by atoms with van der Waals surface area (Å²) in [5.41, 5.74) is 6.97. The van der Waals surface area contributed by atoms with E-state index in [-0.39, 0.29) is 23.6 Å². The van der Waals surface area contributed by atoms with Crippen LogP contribution in [0.25, 0.3) is 0 Å². The number of hydrogen-bond acceptors (Lipinski definition) is 4. The van der Waals surface area contributed by atoms with Gasteiger partial charge in [-0.25, -0.2) is 0 Å². The van der Waals surface area contributed by atoms with Crippen molar-refractivity contribution in [3.63, 3.8) is 0 Å². The zero-order valence-corrected chi connectivity index (χ0v) is 13.5. The fourth-order valence-electron chi connectivity index (χ4n) is 2.94. The molecule has 3 rings (SSSR count). The first-order chi connectivity index (χ1) is 11.0. The van der Waals surface area contributed by atoms with Gasteiger partial charge in [0.15, 0.2) is 0 Å². The molecule has 2 aliphatic rings. The van der Waals surface area contributed by atoms with Gasteiger partial charge >= 0.3 is 0 Å². The quantitative estimate of drug-likeness (QED) is 0.863. The number of carbonyl (C=O) groups excluding carboxylic acids is 3.